The molecule has 3 rings (SSSR count). The molecule has 1 heterocycles. The van der Waals surface area contributed by atoms with Crippen molar-refractivity contribution in [2.24, 2.45) is 0 Å². The number of cyclic esters (lactones) is 1. The van der Waals surface area contributed by atoms with Crippen molar-refractivity contribution < 1.29 is 9.53 Å². The van der Waals surface area contributed by atoms with Gasteiger partial charge in [-0.25, -0.2) is 4.79 Å². The van der Waals surface area contributed by atoms with Crippen LogP contribution in [0.3, 0.4) is 0 Å². The van der Waals surface area contributed by atoms with Crippen LogP contribution in [0.4, 0.5) is 4.79 Å². The summed E-state index contributed by atoms with van der Waals surface area (Å²) in [5, 5.41) is 0. The van der Waals surface area contributed by atoms with Gasteiger partial charge in [0.05, 0.1) is 12.1 Å². The monoisotopic (exact) mass is 307 g/mol. The Labute approximate surface area is 137 Å². The Kier molecular flexibility index (Phi) is 4.77. The fraction of sp³-hybridized carbons (Fsp3) is 0.250. The molecule has 118 valence electrons. The van der Waals surface area contributed by atoms with Crippen LogP contribution in [-0.2, 0) is 11.2 Å². The van der Waals surface area contributed by atoms with Crippen molar-refractivity contribution in [3.8, 4) is 0 Å². The Balaban J connectivity index is 1.86. The van der Waals surface area contributed by atoms with Crippen LogP contribution in [0, 0.1) is 0 Å². The first kappa shape index (κ1) is 15.3. The summed E-state index contributed by atoms with van der Waals surface area (Å²) in [6.07, 6.45) is 3.14. The third kappa shape index (κ3) is 3.45. The van der Waals surface area contributed by atoms with Crippen molar-refractivity contribution in [2.45, 2.75) is 24.9 Å². The first-order valence-electron chi connectivity index (χ1n) is 7.94. The molecule has 2 atom stereocenters. The van der Waals surface area contributed by atoms with Gasteiger partial charge >= 0.3 is 6.09 Å². The highest BCUT2D eigenvalue weighted by Gasteiger charge is 2.38. The van der Waals surface area contributed by atoms with Crippen molar-refractivity contribution in [1.29, 1.82) is 0 Å². The van der Waals surface area contributed by atoms with E-state index in [-0.39, 0.29) is 18.2 Å². The predicted octanol–water partition coefficient (Wildman–Crippen LogP) is 4.37. The van der Waals surface area contributed by atoms with Gasteiger partial charge in [-0.2, -0.15) is 0 Å². The lowest BCUT2D eigenvalue weighted by Crippen LogP contribution is -2.38. The van der Waals surface area contributed by atoms with E-state index >= 15 is 0 Å². The first-order chi connectivity index (χ1) is 11.3. The van der Waals surface area contributed by atoms with Crippen LogP contribution in [0.25, 0.3) is 0 Å². The third-order valence-electron chi connectivity index (χ3n) is 4.23. The topological polar surface area (TPSA) is 29.5 Å². The molecule has 0 unspecified atom stereocenters. The molecule has 0 spiro atoms. The summed E-state index contributed by atoms with van der Waals surface area (Å²) in [6, 6.07) is 20.3. The van der Waals surface area contributed by atoms with Crippen LogP contribution in [-0.4, -0.2) is 23.6 Å². The molecule has 0 N–H and O–H groups in total. The summed E-state index contributed by atoms with van der Waals surface area (Å²) in [6.45, 7) is 4.29. The molecule has 1 fully saturated rings. The second kappa shape index (κ2) is 7.14. The lowest BCUT2D eigenvalue weighted by atomic mass is 9.98. The van der Waals surface area contributed by atoms with Crippen molar-refractivity contribution in [3.63, 3.8) is 0 Å². The van der Waals surface area contributed by atoms with Crippen LogP contribution in [0.1, 0.15) is 23.6 Å². The SMILES string of the molecule is C=CC[C@@H](c1ccccc1)N1C(=O)OC[C@@H]1Cc1ccccc1. The van der Waals surface area contributed by atoms with Crippen LogP contribution >= 0.6 is 0 Å². The lowest BCUT2D eigenvalue weighted by Gasteiger charge is -2.30. The Morgan fingerprint density at radius 1 is 1.13 bits per heavy atom. The Morgan fingerprint density at radius 2 is 1.78 bits per heavy atom. The highest BCUT2D eigenvalue weighted by molar-refractivity contribution is 5.71. The molecule has 1 amide bonds. The van der Waals surface area contributed by atoms with E-state index in [0.29, 0.717) is 13.0 Å². The molecule has 2 aromatic rings. The second-order valence-electron chi connectivity index (χ2n) is 5.78. The highest BCUT2D eigenvalue weighted by Crippen LogP contribution is 2.31. The van der Waals surface area contributed by atoms with Crippen LogP contribution in [0.5, 0.6) is 0 Å². The van der Waals surface area contributed by atoms with E-state index in [0.717, 1.165) is 12.0 Å². The zero-order chi connectivity index (χ0) is 16.1. The molecule has 3 heteroatoms. The molecular formula is C20H21NO2. The van der Waals surface area contributed by atoms with Crippen LogP contribution in [0.15, 0.2) is 73.3 Å². The van der Waals surface area contributed by atoms with Gasteiger partial charge in [0.1, 0.15) is 6.61 Å². The molecule has 0 radical (unpaired) electrons. The largest absolute Gasteiger partial charge is 0.447 e. The summed E-state index contributed by atoms with van der Waals surface area (Å²) in [5.74, 6) is 0. The predicted molar refractivity (Wildman–Crippen MR) is 91.1 cm³/mol. The number of amides is 1. The van der Waals surface area contributed by atoms with E-state index in [1.807, 2.05) is 47.4 Å². The van der Waals surface area contributed by atoms with Gasteiger partial charge in [-0.1, -0.05) is 66.7 Å². The van der Waals surface area contributed by atoms with E-state index in [1.54, 1.807) is 0 Å². The molecule has 1 aliphatic heterocycles. The molecule has 23 heavy (non-hydrogen) atoms. The minimum absolute atomic E-state index is 0.0302. The number of carbonyl (C=O) groups is 1. The van der Waals surface area contributed by atoms with Gasteiger partial charge < -0.3 is 4.74 Å². The fourth-order valence-electron chi connectivity index (χ4n) is 3.14. The summed E-state index contributed by atoms with van der Waals surface area (Å²) in [5.41, 5.74) is 2.33. The number of benzene rings is 2. The van der Waals surface area contributed by atoms with Crippen molar-refractivity contribution >= 4 is 6.09 Å². The number of hydrogen-bond acceptors (Lipinski definition) is 2. The van der Waals surface area contributed by atoms with Gasteiger partial charge in [-0.05, 0) is 24.0 Å². The van der Waals surface area contributed by atoms with E-state index in [2.05, 4.69) is 30.8 Å². The zero-order valence-corrected chi connectivity index (χ0v) is 13.1. The maximum Gasteiger partial charge on any atom is 0.410 e. The number of rotatable bonds is 6. The second-order valence-corrected chi connectivity index (χ2v) is 5.78. The first-order valence-corrected chi connectivity index (χ1v) is 7.94. The van der Waals surface area contributed by atoms with Gasteiger partial charge in [0.2, 0.25) is 0 Å². The Hall–Kier alpha value is -2.55. The molecule has 0 aliphatic carbocycles. The molecule has 0 saturated carbocycles. The van der Waals surface area contributed by atoms with Crippen molar-refractivity contribution in [2.75, 3.05) is 6.61 Å². The quantitative estimate of drug-likeness (QED) is 0.742. The summed E-state index contributed by atoms with van der Waals surface area (Å²) in [4.78, 5) is 14.2. The van der Waals surface area contributed by atoms with Gasteiger partial charge in [0.25, 0.3) is 0 Å². The normalized spacial score (nSPS) is 18.5. The standard InChI is InChI=1S/C20H21NO2/c1-2-9-19(17-12-7-4-8-13-17)21-18(15-23-20(21)22)14-16-10-5-3-6-11-16/h2-8,10-13,18-19H,1,9,14-15H2/t18-,19-/m0/s1. The molecule has 3 nitrogen and oxygen atoms in total. The van der Waals surface area contributed by atoms with Crippen LogP contribution < -0.4 is 0 Å². The maximum absolute atomic E-state index is 12.3. The van der Waals surface area contributed by atoms with E-state index in [4.69, 9.17) is 4.74 Å². The zero-order valence-electron chi connectivity index (χ0n) is 13.1. The van der Waals surface area contributed by atoms with Gasteiger partial charge in [0.15, 0.2) is 0 Å². The summed E-state index contributed by atoms with van der Waals surface area (Å²) < 4.78 is 5.35. The smallest absolute Gasteiger partial charge is 0.410 e. The summed E-state index contributed by atoms with van der Waals surface area (Å²) in [7, 11) is 0. The number of ether oxygens (including phenoxy) is 1. The van der Waals surface area contributed by atoms with E-state index in [1.165, 1.54) is 5.56 Å². The Morgan fingerprint density at radius 3 is 2.43 bits per heavy atom. The minimum Gasteiger partial charge on any atom is -0.447 e. The van der Waals surface area contributed by atoms with Gasteiger partial charge in [0, 0.05) is 0 Å². The lowest BCUT2D eigenvalue weighted by molar-refractivity contribution is 0.144. The molecular weight excluding hydrogens is 286 g/mol. The maximum atomic E-state index is 12.3. The number of carbonyl (C=O) groups excluding carboxylic acids is 1. The number of hydrogen-bond donors (Lipinski definition) is 0. The third-order valence-corrected chi connectivity index (χ3v) is 4.23. The van der Waals surface area contributed by atoms with E-state index < -0.39 is 0 Å². The van der Waals surface area contributed by atoms with Crippen LogP contribution in [0.2, 0.25) is 0 Å². The molecule has 0 aromatic heterocycles. The van der Waals surface area contributed by atoms with Crippen molar-refractivity contribution in [3.05, 3.63) is 84.4 Å². The minimum atomic E-state index is -0.235. The molecule has 0 bridgehead atoms. The van der Waals surface area contributed by atoms with Crippen molar-refractivity contribution in [1.82, 2.24) is 4.90 Å². The average Bonchev–Trinajstić information content (AvgIpc) is 2.95. The fourth-order valence-corrected chi connectivity index (χ4v) is 3.14. The molecule has 1 aliphatic rings. The average molecular weight is 307 g/mol. The van der Waals surface area contributed by atoms with Gasteiger partial charge in [-0.3, -0.25) is 4.90 Å². The number of nitrogens with zero attached hydrogens (tertiary/aromatic N) is 1. The molecule has 2 aromatic carbocycles. The highest BCUT2D eigenvalue weighted by atomic mass is 16.6. The molecule has 1 saturated heterocycles. The van der Waals surface area contributed by atoms with E-state index in [9.17, 15) is 4.79 Å². The summed E-state index contributed by atoms with van der Waals surface area (Å²) >= 11 is 0. The van der Waals surface area contributed by atoms with Gasteiger partial charge in [-0.15, -0.1) is 6.58 Å². The Bertz CT molecular complexity index is 654.